The topological polar surface area (TPSA) is 55.1 Å². The van der Waals surface area contributed by atoms with Crippen LogP contribution in [0.3, 0.4) is 0 Å². The van der Waals surface area contributed by atoms with Crippen LogP contribution in [0.15, 0.2) is 46.9 Å². The number of carbonyl (C=O) groups is 1. The number of hydrogen-bond acceptors (Lipinski definition) is 3. The fourth-order valence-electron chi connectivity index (χ4n) is 2.21. The van der Waals surface area contributed by atoms with Gasteiger partial charge >= 0.3 is 0 Å². The molecule has 0 fully saturated rings. The van der Waals surface area contributed by atoms with Crippen molar-refractivity contribution in [1.29, 1.82) is 0 Å². The van der Waals surface area contributed by atoms with Gasteiger partial charge in [-0.05, 0) is 35.9 Å². The smallest absolute Gasteiger partial charge is 0.224 e. The summed E-state index contributed by atoms with van der Waals surface area (Å²) in [5.41, 5.74) is 3.27. The number of nitrogens with one attached hydrogen (secondary N) is 1. The van der Waals surface area contributed by atoms with Crippen LogP contribution in [0.5, 0.6) is 0 Å². The minimum Gasteiger partial charge on any atom is -0.440 e. The Hall–Kier alpha value is -2.33. The lowest BCUT2D eigenvalue weighted by Crippen LogP contribution is -2.09. The third kappa shape index (κ3) is 3.28. The summed E-state index contributed by atoms with van der Waals surface area (Å²) in [6.07, 6.45) is 1.01. The largest absolute Gasteiger partial charge is 0.440 e. The first kappa shape index (κ1) is 14.6. The maximum absolute atomic E-state index is 11.4. The standard InChI is InChI=1S/C17H15ClN2O2/c1-2-16(21)19-13-5-3-4-11(8-13)9-17-20-14-10-12(18)6-7-15(14)22-17/h3-8,10H,2,9H2,1H3,(H,19,21). The second kappa shape index (κ2) is 6.20. The molecule has 0 saturated heterocycles. The fraction of sp³-hybridized carbons (Fsp3) is 0.176. The van der Waals surface area contributed by atoms with Crippen molar-refractivity contribution in [2.24, 2.45) is 0 Å². The molecule has 1 amide bonds. The van der Waals surface area contributed by atoms with Crippen molar-refractivity contribution in [2.75, 3.05) is 5.32 Å². The zero-order valence-corrected chi connectivity index (χ0v) is 12.9. The van der Waals surface area contributed by atoms with Gasteiger partial charge in [0, 0.05) is 23.6 Å². The summed E-state index contributed by atoms with van der Waals surface area (Å²) < 4.78 is 5.71. The molecule has 0 spiro atoms. The normalized spacial score (nSPS) is 10.8. The molecule has 0 atom stereocenters. The van der Waals surface area contributed by atoms with E-state index in [4.69, 9.17) is 16.0 Å². The highest BCUT2D eigenvalue weighted by Crippen LogP contribution is 2.22. The molecule has 1 aromatic heterocycles. The highest BCUT2D eigenvalue weighted by molar-refractivity contribution is 6.31. The van der Waals surface area contributed by atoms with Gasteiger partial charge in [0.2, 0.25) is 5.91 Å². The third-order valence-electron chi connectivity index (χ3n) is 3.28. The van der Waals surface area contributed by atoms with Gasteiger partial charge in [-0.25, -0.2) is 4.98 Å². The van der Waals surface area contributed by atoms with Gasteiger partial charge < -0.3 is 9.73 Å². The van der Waals surface area contributed by atoms with E-state index < -0.39 is 0 Å². The van der Waals surface area contributed by atoms with Crippen LogP contribution in [0.2, 0.25) is 5.02 Å². The number of carbonyl (C=O) groups excluding carboxylic acids is 1. The summed E-state index contributed by atoms with van der Waals surface area (Å²) in [5.74, 6) is 0.616. The first-order valence-corrected chi connectivity index (χ1v) is 7.45. The Morgan fingerprint density at radius 3 is 2.95 bits per heavy atom. The number of anilines is 1. The number of oxazole rings is 1. The number of aromatic nitrogens is 1. The molecule has 0 aliphatic carbocycles. The van der Waals surface area contributed by atoms with Crippen molar-refractivity contribution < 1.29 is 9.21 Å². The molecule has 0 bridgehead atoms. The molecule has 2 aromatic carbocycles. The lowest BCUT2D eigenvalue weighted by atomic mass is 10.1. The summed E-state index contributed by atoms with van der Waals surface area (Å²) in [5, 5.41) is 3.48. The van der Waals surface area contributed by atoms with Gasteiger partial charge in [0.1, 0.15) is 5.52 Å². The van der Waals surface area contributed by atoms with E-state index in [1.54, 1.807) is 12.1 Å². The number of fused-ring (bicyclic) bond motifs is 1. The van der Waals surface area contributed by atoms with Crippen LogP contribution in [-0.4, -0.2) is 10.9 Å². The maximum atomic E-state index is 11.4. The molecular weight excluding hydrogens is 300 g/mol. The second-order valence-electron chi connectivity index (χ2n) is 5.00. The fourth-order valence-corrected chi connectivity index (χ4v) is 2.37. The molecule has 5 heteroatoms. The van der Waals surface area contributed by atoms with E-state index in [-0.39, 0.29) is 5.91 Å². The minimum absolute atomic E-state index is 0.00588. The van der Waals surface area contributed by atoms with E-state index in [0.29, 0.717) is 23.8 Å². The molecule has 22 heavy (non-hydrogen) atoms. The molecule has 112 valence electrons. The number of amides is 1. The number of benzene rings is 2. The monoisotopic (exact) mass is 314 g/mol. The number of rotatable bonds is 4. The Morgan fingerprint density at radius 1 is 1.27 bits per heavy atom. The predicted molar refractivity (Wildman–Crippen MR) is 87.2 cm³/mol. The van der Waals surface area contributed by atoms with E-state index >= 15 is 0 Å². The van der Waals surface area contributed by atoms with Crippen molar-refractivity contribution in [2.45, 2.75) is 19.8 Å². The summed E-state index contributed by atoms with van der Waals surface area (Å²) in [7, 11) is 0. The van der Waals surface area contributed by atoms with Gasteiger partial charge in [-0.2, -0.15) is 0 Å². The van der Waals surface area contributed by atoms with Crippen LogP contribution < -0.4 is 5.32 Å². The first-order chi connectivity index (χ1) is 10.6. The van der Waals surface area contributed by atoms with E-state index in [0.717, 1.165) is 22.4 Å². The van der Waals surface area contributed by atoms with Crippen LogP contribution in [0.4, 0.5) is 5.69 Å². The van der Waals surface area contributed by atoms with Crippen molar-refractivity contribution in [3.8, 4) is 0 Å². The summed E-state index contributed by atoms with van der Waals surface area (Å²) in [6, 6.07) is 13.0. The molecule has 0 radical (unpaired) electrons. The molecule has 0 unspecified atom stereocenters. The Bertz CT molecular complexity index is 826. The average Bonchev–Trinajstić information content (AvgIpc) is 2.88. The van der Waals surface area contributed by atoms with Gasteiger partial charge in [-0.3, -0.25) is 4.79 Å². The Balaban J connectivity index is 1.82. The SMILES string of the molecule is CCC(=O)Nc1cccc(Cc2nc3cc(Cl)ccc3o2)c1. The van der Waals surface area contributed by atoms with Crippen molar-refractivity contribution in [1.82, 2.24) is 4.98 Å². The van der Waals surface area contributed by atoms with Crippen LogP contribution in [0.25, 0.3) is 11.1 Å². The predicted octanol–water partition coefficient (Wildman–Crippen LogP) is 4.42. The molecule has 0 aliphatic heterocycles. The quantitative estimate of drug-likeness (QED) is 0.775. The molecular formula is C17H15ClN2O2. The van der Waals surface area contributed by atoms with E-state index in [1.165, 1.54) is 0 Å². The lowest BCUT2D eigenvalue weighted by molar-refractivity contribution is -0.115. The van der Waals surface area contributed by atoms with Crippen LogP contribution >= 0.6 is 11.6 Å². The zero-order chi connectivity index (χ0) is 15.5. The molecule has 1 heterocycles. The third-order valence-corrected chi connectivity index (χ3v) is 3.52. The second-order valence-corrected chi connectivity index (χ2v) is 5.43. The van der Waals surface area contributed by atoms with Crippen molar-refractivity contribution in [3.05, 3.63) is 58.9 Å². The van der Waals surface area contributed by atoms with Gasteiger partial charge in [0.15, 0.2) is 11.5 Å². The number of halogens is 1. The van der Waals surface area contributed by atoms with E-state index in [9.17, 15) is 4.79 Å². The highest BCUT2D eigenvalue weighted by atomic mass is 35.5. The zero-order valence-electron chi connectivity index (χ0n) is 12.1. The molecule has 3 aromatic rings. The molecule has 0 aliphatic rings. The molecule has 3 rings (SSSR count). The minimum atomic E-state index is -0.00588. The first-order valence-electron chi connectivity index (χ1n) is 7.08. The summed E-state index contributed by atoms with van der Waals surface area (Å²) >= 11 is 5.95. The molecule has 4 nitrogen and oxygen atoms in total. The maximum Gasteiger partial charge on any atom is 0.224 e. The van der Waals surface area contributed by atoms with E-state index in [1.807, 2.05) is 37.3 Å². The Kier molecular flexibility index (Phi) is 4.11. The lowest BCUT2D eigenvalue weighted by Gasteiger charge is -2.05. The number of nitrogens with zero attached hydrogens (tertiary/aromatic N) is 1. The van der Waals surface area contributed by atoms with E-state index in [2.05, 4.69) is 10.3 Å². The average molecular weight is 315 g/mol. The van der Waals surface area contributed by atoms with Gasteiger partial charge in [-0.15, -0.1) is 0 Å². The van der Waals surface area contributed by atoms with Gasteiger partial charge in [0.05, 0.1) is 0 Å². The Morgan fingerprint density at radius 2 is 2.14 bits per heavy atom. The van der Waals surface area contributed by atoms with Gasteiger partial charge in [0.25, 0.3) is 0 Å². The highest BCUT2D eigenvalue weighted by Gasteiger charge is 2.08. The number of hydrogen-bond donors (Lipinski definition) is 1. The van der Waals surface area contributed by atoms with Crippen molar-refractivity contribution >= 4 is 34.3 Å². The van der Waals surface area contributed by atoms with Crippen LogP contribution in [0.1, 0.15) is 24.8 Å². The van der Waals surface area contributed by atoms with Gasteiger partial charge in [-0.1, -0.05) is 30.7 Å². The van der Waals surface area contributed by atoms with Crippen LogP contribution in [0, 0.1) is 0 Å². The van der Waals surface area contributed by atoms with Crippen LogP contribution in [-0.2, 0) is 11.2 Å². The molecule has 1 N–H and O–H groups in total. The summed E-state index contributed by atoms with van der Waals surface area (Å²) in [4.78, 5) is 15.9. The summed E-state index contributed by atoms with van der Waals surface area (Å²) in [6.45, 7) is 1.82. The Labute approximate surface area is 133 Å². The van der Waals surface area contributed by atoms with Crippen molar-refractivity contribution in [3.63, 3.8) is 0 Å². The molecule has 0 saturated carbocycles.